The zero-order valence-corrected chi connectivity index (χ0v) is 15.3. The molecule has 2 aromatic carbocycles. The third-order valence-corrected chi connectivity index (χ3v) is 4.95. The van der Waals surface area contributed by atoms with Crippen LogP contribution in [0.25, 0.3) is 6.08 Å². The number of nitrogens with zero attached hydrogens (tertiary/aromatic N) is 3. The number of hydrogen-bond acceptors (Lipinski definition) is 5. The van der Waals surface area contributed by atoms with Gasteiger partial charge in [0, 0.05) is 19.8 Å². The second kappa shape index (κ2) is 7.46. The number of thioether (sulfide) groups is 1. The van der Waals surface area contributed by atoms with Crippen molar-refractivity contribution in [2.75, 3.05) is 19.0 Å². The van der Waals surface area contributed by atoms with Gasteiger partial charge in [0.15, 0.2) is 0 Å². The van der Waals surface area contributed by atoms with E-state index in [4.69, 9.17) is 0 Å². The highest BCUT2D eigenvalue weighted by molar-refractivity contribution is 8.18. The number of nitriles is 1. The molecule has 0 aromatic heterocycles. The van der Waals surface area contributed by atoms with E-state index in [1.807, 2.05) is 43.3 Å². The van der Waals surface area contributed by atoms with Crippen LogP contribution >= 0.6 is 11.8 Å². The second-order valence-electron chi connectivity index (χ2n) is 6.02. The molecule has 0 radical (unpaired) electrons. The third kappa shape index (κ3) is 3.63. The molecule has 6 heteroatoms. The van der Waals surface area contributed by atoms with Crippen molar-refractivity contribution in [2.45, 2.75) is 6.54 Å². The van der Waals surface area contributed by atoms with E-state index in [1.165, 1.54) is 4.90 Å². The first-order chi connectivity index (χ1) is 12.5. The summed E-state index contributed by atoms with van der Waals surface area (Å²) in [5.41, 5.74) is 3.05. The molecule has 0 unspecified atom stereocenters. The van der Waals surface area contributed by atoms with E-state index in [2.05, 4.69) is 6.07 Å². The van der Waals surface area contributed by atoms with Crippen molar-refractivity contribution in [1.82, 2.24) is 4.90 Å². The van der Waals surface area contributed by atoms with Gasteiger partial charge in [0.1, 0.15) is 0 Å². The SMILES string of the molecule is CN(C)c1ccc(/C=C2/SC(=O)N(Cc3ccccc3C#N)C2=O)cc1. The summed E-state index contributed by atoms with van der Waals surface area (Å²) in [6, 6.07) is 16.8. The Labute approximate surface area is 156 Å². The van der Waals surface area contributed by atoms with Gasteiger partial charge in [0.25, 0.3) is 11.1 Å². The summed E-state index contributed by atoms with van der Waals surface area (Å²) >= 11 is 0.925. The van der Waals surface area contributed by atoms with Crippen molar-refractivity contribution in [3.63, 3.8) is 0 Å². The molecule has 1 fully saturated rings. The predicted molar refractivity (Wildman–Crippen MR) is 103 cm³/mol. The van der Waals surface area contributed by atoms with E-state index in [0.29, 0.717) is 16.0 Å². The van der Waals surface area contributed by atoms with E-state index < -0.39 is 0 Å². The van der Waals surface area contributed by atoms with E-state index in [0.717, 1.165) is 23.0 Å². The first-order valence-electron chi connectivity index (χ1n) is 8.00. The van der Waals surface area contributed by atoms with Crippen LogP contribution in [-0.4, -0.2) is 30.1 Å². The van der Waals surface area contributed by atoms with E-state index >= 15 is 0 Å². The molecule has 0 N–H and O–H groups in total. The molecule has 0 spiro atoms. The summed E-state index contributed by atoms with van der Waals surface area (Å²) in [4.78, 5) is 28.5. The van der Waals surface area contributed by atoms with Crippen LogP contribution < -0.4 is 4.90 Å². The number of hydrogen-bond donors (Lipinski definition) is 0. The molecule has 26 heavy (non-hydrogen) atoms. The molecule has 0 aliphatic carbocycles. The highest BCUT2D eigenvalue weighted by Gasteiger charge is 2.35. The maximum Gasteiger partial charge on any atom is 0.293 e. The van der Waals surface area contributed by atoms with Gasteiger partial charge in [0.2, 0.25) is 0 Å². The molecule has 1 aliphatic heterocycles. The van der Waals surface area contributed by atoms with E-state index in [9.17, 15) is 14.9 Å². The van der Waals surface area contributed by atoms with Gasteiger partial charge in [-0.15, -0.1) is 0 Å². The predicted octanol–water partition coefficient (Wildman–Crippen LogP) is 3.86. The fourth-order valence-electron chi connectivity index (χ4n) is 2.59. The van der Waals surface area contributed by atoms with E-state index in [1.54, 1.807) is 30.3 Å². The summed E-state index contributed by atoms with van der Waals surface area (Å²) < 4.78 is 0. The number of carbonyl (C=O) groups excluding carboxylic acids is 2. The van der Waals surface area contributed by atoms with E-state index in [-0.39, 0.29) is 17.7 Å². The van der Waals surface area contributed by atoms with Gasteiger partial charge in [-0.05, 0) is 47.2 Å². The van der Waals surface area contributed by atoms with Crippen LogP contribution in [0, 0.1) is 11.3 Å². The number of rotatable bonds is 4. The lowest BCUT2D eigenvalue weighted by molar-refractivity contribution is -0.123. The lowest BCUT2D eigenvalue weighted by atomic mass is 10.1. The minimum Gasteiger partial charge on any atom is -0.378 e. The molecule has 3 rings (SSSR count). The quantitative estimate of drug-likeness (QED) is 0.772. The number of amides is 2. The molecule has 130 valence electrons. The highest BCUT2D eigenvalue weighted by atomic mass is 32.2. The van der Waals surface area contributed by atoms with Crippen molar-refractivity contribution >= 4 is 34.7 Å². The molecule has 0 atom stereocenters. The maximum atomic E-state index is 12.6. The van der Waals surface area contributed by atoms with Crippen LogP contribution in [0.5, 0.6) is 0 Å². The molecule has 5 nitrogen and oxygen atoms in total. The van der Waals surface area contributed by atoms with Crippen molar-refractivity contribution in [3.05, 3.63) is 70.1 Å². The van der Waals surface area contributed by atoms with Gasteiger partial charge >= 0.3 is 0 Å². The normalized spacial score (nSPS) is 15.4. The maximum absolute atomic E-state index is 12.6. The van der Waals surface area contributed by atoms with Crippen LogP contribution in [0.2, 0.25) is 0 Å². The first-order valence-corrected chi connectivity index (χ1v) is 8.82. The number of carbonyl (C=O) groups is 2. The lowest BCUT2D eigenvalue weighted by Crippen LogP contribution is -2.27. The smallest absolute Gasteiger partial charge is 0.293 e. The molecule has 1 aliphatic rings. The summed E-state index contributed by atoms with van der Waals surface area (Å²) in [7, 11) is 3.92. The summed E-state index contributed by atoms with van der Waals surface area (Å²) in [6.07, 6.45) is 1.72. The molecule has 2 amide bonds. The van der Waals surface area contributed by atoms with Crippen molar-refractivity contribution < 1.29 is 9.59 Å². The third-order valence-electron chi connectivity index (χ3n) is 4.05. The fraction of sp³-hybridized carbons (Fsp3) is 0.150. The second-order valence-corrected chi connectivity index (χ2v) is 7.02. The van der Waals surface area contributed by atoms with Gasteiger partial charge in [-0.1, -0.05) is 30.3 Å². The summed E-state index contributed by atoms with van der Waals surface area (Å²) in [5, 5.41) is 8.85. The zero-order valence-electron chi connectivity index (χ0n) is 14.5. The molecule has 1 saturated heterocycles. The first kappa shape index (κ1) is 17.8. The molecule has 1 heterocycles. The largest absolute Gasteiger partial charge is 0.378 e. The summed E-state index contributed by atoms with van der Waals surface area (Å²) in [5.74, 6) is -0.329. The van der Waals surface area contributed by atoms with Crippen LogP contribution in [0.15, 0.2) is 53.4 Å². The number of benzene rings is 2. The monoisotopic (exact) mass is 363 g/mol. The topological polar surface area (TPSA) is 64.4 Å². The van der Waals surface area contributed by atoms with Gasteiger partial charge in [-0.2, -0.15) is 5.26 Å². The standard InChI is InChI=1S/C20H17N3O2S/c1-22(2)17-9-7-14(8-10-17)11-18-19(24)23(20(25)26-18)13-16-6-4-3-5-15(16)12-21/h3-11H,13H2,1-2H3/b18-11+. The Morgan fingerprint density at radius 3 is 2.46 bits per heavy atom. The van der Waals surface area contributed by atoms with Gasteiger partial charge < -0.3 is 4.90 Å². The number of anilines is 1. The van der Waals surface area contributed by atoms with Gasteiger partial charge in [0.05, 0.1) is 23.1 Å². The van der Waals surface area contributed by atoms with Crippen LogP contribution in [0.4, 0.5) is 10.5 Å². The Hall–Kier alpha value is -3.04. The number of imide groups is 1. The van der Waals surface area contributed by atoms with Crippen molar-refractivity contribution in [3.8, 4) is 6.07 Å². The molecule has 0 saturated carbocycles. The summed E-state index contributed by atoms with van der Waals surface area (Å²) in [6.45, 7) is 0.102. The minimum atomic E-state index is -0.329. The van der Waals surface area contributed by atoms with Crippen LogP contribution in [0.3, 0.4) is 0 Å². The van der Waals surface area contributed by atoms with Gasteiger partial charge in [-0.3, -0.25) is 14.5 Å². The fourth-order valence-corrected chi connectivity index (χ4v) is 3.43. The Morgan fingerprint density at radius 2 is 1.81 bits per heavy atom. The average Bonchev–Trinajstić information content (AvgIpc) is 2.90. The molecule has 2 aromatic rings. The van der Waals surface area contributed by atoms with Crippen LogP contribution in [0.1, 0.15) is 16.7 Å². The Bertz CT molecular complexity index is 927. The average molecular weight is 363 g/mol. The Morgan fingerprint density at radius 1 is 1.12 bits per heavy atom. The minimum absolute atomic E-state index is 0.102. The lowest BCUT2D eigenvalue weighted by Gasteiger charge is -2.13. The van der Waals surface area contributed by atoms with Crippen LogP contribution in [-0.2, 0) is 11.3 Å². The van der Waals surface area contributed by atoms with Gasteiger partial charge in [-0.25, -0.2) is 0 Å². The Balaban J connectivity index is 1.81. The van der Waals surface area contributed by atoms with Crippen molar-refractivity contribution in [1.29, 1.82) is 5.26 Å². The highest BCUT2D eigenvalue weighted by Crippen LogP contribution is 2.33. The zero-order chi connectivity index (χ0) is 18.7. The Kier molecular flexibility index (Phi) is 5.10. The molecular formula is C20H17N3O2S. The molecule has 0 bridgehead atoms. The molecular weight excluding hydrogens is 346 g/mol. The van der Waals surface area contributed by atoms with Crippen molar-refractivity contribution in [2.24, 2.45) is 0 Å².